The van der Waals surface area contributed by atoms with Crippen LogP contribution in [0.25, 0.3) is 0 Å². The molecule has 1 aromatic heterocycles. The van der Waals surface area contributed by atoms with E-state index in [-0.39, 0.29) is 5.75 Å². The average molecular weight is 271 g/mol. The van der Waals surface area contributed by atoms with Gasteiger partial charge in [-0.2, -0.15) is 0 Å². The first kappa shape index (κ1) is 13.6. The van der Waals surface area contributed by atoms with Gasteiger partial charge in [-0.3, -0.25) is 0 Å². The van der Waals surface area contributed by atoms with Gasteiger partial charge in [0.1, 0.15) is 17.3 Å². The maximum atomic E-state index is 12.0. The number of nitrogens with one attached hydrogen (secondary N) is 1. The molecule has 0 saturated heterocycles. The second kappa shape index (κ2) is 4.70. The Morgan fingerprint density at radius 2 is 1.89 bits per heavy atom. The van der Waals surface area contributed by atoms with Crippen molar-refractivity contribution in [3.8, 4) is 0 Å². The molecule has 0 radical (unpaired) electrons. The van der Waals surface area contributed by atoms with Crippen LogP contribution in [0.15, 0.2) is 16.5 Å². The monoisotopic (exact) mass is 271 g/mol. The van der Waals surface area contributed by atoms with Gasteiger partial charge in [0, 0.05) is 6.04 Å². The SMILES string of the molecule is CC(C)(C)S(=O)(=O)Cc1ccc(CNC2CC2)o1. The van der Waals surface area contributed by atoms with Gasteiger partial charge in [-0.25, -0.2) is 8.42 Å². The summed E-state index contributed by atoms with van der Waals surface area (Å²) in [5.41, 5.74) is 0. The molecule has 0 unspecified atom stereocenters. The van der Waals surface area contributed by atoms with Gasteiger partial charge in [-0.1, -0.05) is 0 Å². The molecule has 0 aliphatic heterocycles. The molecule has 1 N–H and O–H groups in total. The zero-order chi connectivity index (χ0) is 13.4. The number of rotatable bonds is 5. The maximum absolute atomic E-state index is 12.0. The summed E-state index contributed by atoms with van der Waals surface area (Å²) in [6.45, 7) is 5.81. The van der Waals surface area contributed by atoms with Crippen LogP contribution in [-0.4, -0.2) is 19.2 Å². The van der Waals surface area contributed by atoms with Crippen molar-refractivity contribution in [1.29, 1.82) is 0 Å². The van der Waals surface area contributed by atoms with Crippen molar-refractivity contribution >= 4 is 9.84 Å². The zero-order valence-electron chi connectivity index (χ0n) is 11.2. The summed E-state index contributed by atoms with van der Waals surface area (Å²) >= 11 is 0. The molecule has 1 fully saturated rings. The largest absolute Gasteiger partial charge is 0.464 e. The molecular formula is C13H21NO3S. The highest BCUT2D eigenvalue weighted by Gasteiger charge is 2.30. The summed E-state index contributed by atoms with van der Waals surface area (Å²) in [6, 6.07) is 4.23. The third-order valence-electron chi connectivity index (χ3n) is 3.12. The van der Waals surface area contributed by atoms with E-state index >= 15 is 0 Å². The average Bonchev–Trinajstić information content (AvgIpc) is 2.95. The Hall–Kier alpha value is -0.810. The summed E-state index contributed by atoms with van der Waals surface area (Å²) in [7, 11) is -3.17. The standard InChI is InChI=1S/C13H21NO3S/c1-13(2,3)18(15,16)9-12-7-6-11(17-12)8-14-10-4-5-10/h6-7,10,14H,4-5,8-9H2,1-3H3. The lowest BCUT2D eigenvalue weighted by molar-refractivity contribution is 0.453. The van der Waals surface area contributed by atoms with E-state index in [4.69, 9.17) is 4.42 Å². The van der Waals surface area contributed by atoms with Crippen LogP contribution in [-0.2, 0) is 22.1 Å². The number of sulfone groups is 1. The van der Waals surface area contributed by atoms with Gasteiger partial charge in [0.15, 0.2) is 9.84 Å². The summed E-state index contributed by atoms with van der Waals surface area (Å²) in [5.74, 6) is 1.30. The molecule has 1 heterocycles. The van der Waals surface area contributed by atoms with E-state index in [1.165, 1.54) is 12.8 Å². The van der Waals surface area contributed by atoms with Gasteiger partial charge in [-0.15, -0.1) is 0 Å². The van der Waals surface area contributed by atoms with Gasteiger partial charge < -0.3 is 9.73 Å². The van der Waals surface area contributed by atoms with E-state index in [9.17, 15) is 8.42 Å². The van der Waals surface area contributed by atoms with E-state index in [2.05, 4.69) is 5.32 Å². The molecule has 0 spiro atoms. The molecule has 1 aromatic rings. The molecule has 1 saturated carbocycles. The Bertz CT molecular complexity index is 507. The first-order valence-electron chi connectivity index (χ1n) is 6.31. The van der Waals surface area contributed by atoms with Crippen LogP contribution in [0.3, 0.4) is 0 Å². The number of hydrogen-bond acceptors (Lipinski definition) is 4. The first-order valence-corrected chi connectivity index (χ1v) is 7.96. The predicted octanol–water partition coefficient (Wildman–Crippen LogP) is 2.24. The molecule has 18 heavy (non-hydrogen) atoms. The van der Waals surface area contributed by atoms with Gasteiger partial charge in [-0.05, 0) is 45.7 Å². The molecule has 1 aliphatic carbocycles. The van der Waals surface area contributed by atoms with E-state index in [0.717, 1.165) is 5.76 Å². The second-order valence-corrected chi connectivity index (χ2v) is 8.64. The molecule has 102 valence electrons. The van der Waals surface area contributed by atoms with Gasteiger partial charge in [0.2, 0.25) is 0 Å². The second-order valence-electron chi connectivity index (χ2n) is 5.89. The van der Waals surface area contributed by atoms with E-state index < -0.39 is 14.6 Å². The van der Waals surface area contributed by atoms with Gasteiger partial charge >= 0.3 is 0 Å². The normalized spacial score (nSPS) is 17.1. The van der Waals surface area contributed by atoms with Crippen LogP contribution in [0.5, 0.6) is 0 Å². The fraction of sp³-hybridized carbons (Fsp3) is 0.692. The van der Waals surface area contributed by atoms with Crippen LogP contribution < -0.4 is 5.32 Å². The fourth-order valence-electron chi connectivity index (χ4n) is 1.53. The van der Waals surface area contributed by atoms with Crippen molar-refractivity contribution in [2.75, 3.05) is 0 Å². The molecule has 4 nitrogen and oxygen atoms in total. The maximum Gasteiger partial charge on any atom is 0.162 e. The van der Waals surface area contributed by atoms with Crippen LogP contribution >= 0.6 is 0 Å². The smallest absolute Gasteiger partial charge is 0.162 e. The number of furan rings is 1. The summed E-state index contributed by atoms with van der Waals surface area (Å²) < 4.78 is 28.9. The lowest BCUT2D eigenvalue weighted by Crippen LogP contribution is -2.29. The van der Waals surface area contributed by atoms with Crippen LogP contribution in [0, 0.1) is 0 Å². The predicted molar refractivity (Wildman–Crippen MR) is 70.9 cm³/mol. The van der Waals surface area contributed by atoms with Crippen LogP contribution in [0.1, 0.15) is 45.1 Å². The Balaban J connectivity index is 1.97. The molecule has 2 rings (SSSR count). The Kier molecular flexibility index (Phi) is 3.56. The Labute approximate surface area is 109 Å². The first-order chi connectivity index (χ1) is 8.28. The molecule has 1 aliphatic rings. The Morgan fingerprint density at radius 3 is 2.44 bits per heavy atom. The van der Waals surface area contributed by atoms with Crippen molar-refractivity contribution in [2.24, 2.45) is 0 Å². The zero-order valence-corrected chi connectivity index (χ0v) is 12.0. The van der Waals surface area contributed by atoms with E-state index in [0.29, 0.717) is 18.3 Å². The van der Waals surface area contributed by atoms with Crippen molar-refractivity contribution in [3.63, 3.8) is 0 Å². The lowest BCUT2D eigenvalue weighted by atomic mass is 10.3. The molecule has 0 bridgehead atoms. The highest BCUT2D eigenvalue weighted by molar-refractivity contribution is 7.91. The highest BCUT2D eigenvalue weighted by Crippen LogP contribution is 2.23. The van der Waals surface area contributed by atoms with E-state index in [1.54, 1.807) is 26.8 Å². The van der Waals surface area contributed by atoms with Crippen LogP contribution in [0.4, 0.5) is 0 Å². The summed E-state index contributed by atoms with van der Waals surface area (Å²) in [6.07, 6.45) is 2.46. The van der Waals surface area contributed by atoms with E-state index in [1.807, 2.05) is 6.07 Å². The van der Waals surface area contributed by atoms with Crippen molar-refractivity contribution < 1.29 is 12.8 Å². The lowest BCUT2D eigenvalue weighted by Gasteiger charge is -2.17. The van der Waals surface area contributed by atoms with Crippen molar-refractivity contribution in [1.82, 2.24) is 5.32 Å². The van der Waals surface area contributed by atoms with Crippen molar-refractivity contribution in [2.45, 2.75) is 56.7 Å². The molecule has 0 atom stereocenters. The Morgan fingerprint density at radius 1 is 1.28 bits per heavy atom. The number of hydrogen-bond donors (Lipinski definition) is 1. The summed E-state index contributed by atoms with van der Waals surface area (Å²) in [5, 5.41) is 3.34. The van der Waals surface area contributed by atoms with Crippen LogP contribution in [0.2, 0.25) is 0 Å². The molecular weight excluding hydrogens is 250 g/mol. The fourth-order valence-corrected chi connectivity index (χ4v) is 2.49. The highest BCUT2D eigenvalue weighted by atomic mass is 32.2. The minimum Gasteiger partial charge on any atom is -0.464 e. The third kappa shape index (κ3) is 3.36. The summed E-state index contributed by atoms with van der Waals surface area (Å²) in [4.78, 5) is 0. The molecule has 0 amide bonds. The molecule has 0 aromatic carbocycles. The topological polar surface area (TPSA) is 59.3 Å². The third-order valence-corrected chi connectivity index (χ3v) is 5.66. The quantitative estimate of drug-likeness (QED) is 0.892. The van der Waals surface area contributed by atoms with Gasteiger partial charge in [0.05, 0.1) is 11.3 Å². The van der Waals surface area contributed by atoms with Gasteiger partial charge in [0.25, 0.3) is 0 Å². The minimum atomic E-state index is -3.17. The van der Waals surface area contributed by atoms with Crippen molar-refractivity contribution in [3.05, 3.63) is 23.7 Å². The molecule has 5 heteroatoms. The minimum absolute atomic E-state index is 0.0278.